The van der Waals surface area contributed by atoms with E-state index < -0.39 is 169 Å². The number of fused-ring (bicyclic) bond motifs is 2. The monoisotopic (exact) mass is 1380 g/mol. The van der Waals surface area contributed by atoms with Gasteiger partial charge < -0.3 is 15.9 Å². The van der Waals surface area contributed by atoms with Gasteiger partial charge in [-0.25, -0.2) is 0 Å². The van der Waals surface area contributed by atoms with E-state index in [-0.39, 0.29) is 33.2 Å². The molecule has 0 saturated carbocycles. The zero-order valence-corrected chi connectivity index (χ0v) is 52.3. The second-order valence-electron chi connectivity index (χ2n) is 17.2. The summed E-state index contributed by atoms with van der Waals surface area (Å²) >= 11 is 0. The Labute approximate surface area is 507 Å². The highest BCUT2D eigenvalue weighted by atomic mass is 32.2. The van der Waals surface area contributed by atoms with Crippen molar-refractivity contribution in [2.24, 2.45) is 40.9 Å². The topological polar surface area (TPSA) is 534 Å². The number of phenolic OH excluding ortho intramolecular Hbond substituents is 2. The predicted molar refractivity (Wildman–Crippen MR) is 314 cm³/mol. The molecule has 0 aliphatic carbocycles. The predicted octanol–water partition coefficient (Wildman–Crippen LogP) is 8.25. The minimum atomic E-state index is -5.07. The molecule has 89 heavy (non-hydrogen) atoms. The maximum Gasteiger partial charge on any atom is 0.299 e. The number of hydrogen-bond donors (Lipinski definition) is 5. The van der Waals surface area contributed by atoms with E-state index in [2.05, 4.69) is 49.3 Å². The number of anilines is 1. The normalized spacial score (nSPS) is 12.9. The molecule has 0 spiro atoms. The Morgan fingerprint density at radius 3 is 1.47 bits per heavy atom. The smallest absolute Gasteiger partial charge is 0.299 e. The van der Waals surface area contributed by atoms with Crippen LogP contribution in [-0.4, -0.2) is 132 Å². The largest absolute Gasteiger partial charge is 0.505 e. The van der Waals surface area contributed by atoms with Gasteiger partial charge in [-0.15, -0.1) is 20.5 Å². The molecule has 0 aliphatic heterocycles. The van der Waals surface area contributed by atoms with E-state index in [4.69, 9.17) is 28.4 Å². The SMILES string of the molecule is COS(=O)(=O)c1ccc(N=Nc2ccc(N=Nc3c(S(=O)(=O)OC)cc4c(S(=O)(=O)OC)c(N=Nc5cc(S(=O)(=O)OC)c6cc(CS(=O)(=O)O)c(N=Nc7ccccc7)c(O)c6c5N)ccc4c3O)c(CS(=O)(=O)O)c2)cc1.COS(C)(=O)=O.C[N+](=O)[O-]. The van der Waals surface area contributed by atoms with Gasteiger partial charge in [0.25, 0.3) is 70.8 Å². The fraction of sp³-hybridized carbons (Fsp3) is 0.191. The molecule has 42 heteroatoms. The van der Waals surface area contributed by atoms with Crippen LogP contribution in [0.25, 0.3) is 21.5 Å². The van der Waals surface area contributed by atoms with Crippen LogP contribution < -0.4 is 5.73 Å². The number of azo groups is 4. The second kappa shape index (κ2) is 28.4. The summed E-state index contributed by atoms with van der Waals surface area (Å²) in [6.07, 6.45) is 0.993. The first-order valence-electron chi connectivity index (χ1n) is 23.6. The van der Waals surface area contributed by atoms with Gasteiger partial charge in [0.2, 0.25) is 0 Å². The van der Waals surface area contributed by atoms with E-state index in [1.807, 2.05) is 0 Å². The number of aromatic hydroxyl groups is 2. The molecule has 7 aromatic carbocycles. The first kappa shape index (κ1) is 71.4. The summed E-state index contributed by atoms with van der Waals surface area (Å²) < 4.78 is 216. The molecule has 6 N–H and O–H groups in total. The first-order chi connectivity index (χ1) is 41.2. The van der Waals surface area contributed by atoms with Crippen LogP contribution in [0.3, 0.4) is 0 Å². The summed E-state index contributed by atoms with van der Waals surface area (Å²) in [5, 5.41) is 61.9. The molecular weight excluding hydrogens is 1330 g/mol. The van der Waals surface area contributed by atoms with Gasteiger partial charge in [0.15, 0.2) is 18.5 Å². The number of benzene rings is 7. The highest BCUT2D eigenvalue weighted by Crippen LogP contribution is 2.50. The minimum absolute atomic E-state index is 0.0348. The molecule has 0 fully saturated rings. The van der Waals surface area contributed by atoms with Crippen LogP contribution in [0, 0.1) is 10.1 Å². The number of rotatable bonds is 21. The fourth-order valence-electron chi connectivity index (χ4n) is 7.32. The van der Waals surface area contributed by atoms with Gasteiger partial charge in [0.05, 0.1) is 80.5 Å². The van der Waals surface area contributed by atoms with E-state index in [1.165, 1.54) is 42.5 Å². The zero-order chi connectivity index (χ0) is 66.8. The maximum absolute atomic E-state index is 13.8. The molecule has 0 saturated heterocycles. The molecule has 0 heterocycles. The van der Waals surface area contributed by atoms with E-state index in [1.54, 1.807) is 18.2 Å². The average molecular weight is 1380 g/mol. The summed E-state index contributed by atoms with van der Waals surface area (Å²) in [4.78, 5) is 5.28. The van der Waals surface area contributed by atoms with Crippen LogP contribution in [0.5, 0.6) is 11.5 Å². The third-order valence-electron chi connectivity index (χ3n) is 11.3. The van der Waals surface area contributed by atoms with Gasteiger partial charge in [-0.05, 0) is 90.5 Å². The number of nitro groups is 1. The van der Waals surface area contributed by atoms with Crippen molar-refractivity contribution < 1.29 is 104 Å². The third-order valence-corrected chi connectivity index (χ3v) is 18.5. The molecule has 7 aromatic rings. The zero-order valence-electron chi connectivity index (χ0n) is 46.6. The minimum Gasteiger partial charge on any atom is -0.505 e. The quantitative estimate of drug-likeness (QED) is 0.0113. The molecule has 0 unspecified atom stereocenters. The van der Waals surface area contributed by atoms with E-state index in [9.17, 15) is 78.2 Å². The van der Waals surface area contributed by atoms with Crippen molar-refractivity contribution in [2.75, 3.05) is 54.6 Å². The van der Waals surface area contributed by atoms with E-state index >= 15 is 0 Å². The lowest BCUT2D eigenvalue weighted by atomic mass is 10.0. The number of nitrogens with two attached hydrogens (primary N) is 1. The van der Waals surface area contributed by atoms with Crippen LogP contribution in [-0.2, 0) is 103 Å². The second-order valence-corrected chi connectivity index (χ2v) is 28.6. The lowest BCUT2D eigenvalue weighted by Crippen LogP contribution is -2.07. The Kier molecular flexibility index (Phi) is 22.8. The highest BCUT2D eigenvalue weighted by molar-refractivity contribution is 7.88. The Balaban J connectivity index is 0.00000133. The van der Waals surface area contributed by atoms with Crippen molar-refractivity contribution in [3.8, 4) is 11.5 Å². The molecule has 35 nitrogen and oxygen atoms in total. The highest BCUT2D eigenvalue weighted by Gasteiger charge is 2.31. The molecular formula is C47H48N10O25S7. The molecule has 0 aliphatic rings. The first-order valence-corrected chi connectivity index (χ1v) is 34.3. The van der Waals surface area contributed by atoms with Crippen molar-refractivity contribution in [1.29, 1.82) is 0 Å². The van der Waals surface area contributed by atoms with Crippen molar-refractivity contribution in [3.05, 3.63) is 124 Å². The molecule has 0 amide bonds. The molecule has 0 bridgehead atoms. The van der Waals surface area contributed by atoms with Crippen LogP contribution in [0.15, 0.2) is 164 Å². The van der Waals surface area contributed by atoms with Crippen molar-refractivity contribution in [2.45, 2.75) is 31.1 Å². The third kappa shape index (κ3) is 18.6. The number of nitrogens with zero attached hydrogens (tertiary/aromatic N) is 9. The van der Waals surface area contributed by atoms with Crippen LogP contribution in [0.4, 0.5) is 51.2 Å². The molecule has 0 aromatic heterocycles. The van der Waals surface area contributed by atoms with E-state index in [0.717, 1.165) is 71.0 Å². The lowest BCUT2D eigenvalue weighted by Gasteiger charge is -2.16. The summed E-state index contributed by atoms with van der Waals surface area (Å²) in [6.45, 7) is 0. The Bertz CT molecular complexity index is 4860. The molecule has 478 valence electrons. The number of nitrogen functional groups attached to an aromatic ring is 1. The Morgan fingerprint density at radius 1 is 0.472 bits per heavy atom. The summed E-state index contributed by atoms with van der Waals surface area (Å²) in [5.74, 6) is -4.38. The average Bonchev–Trinajstić information content (AvgIpc) is 0.763. The Morgan fingerprint density at radius 2 is 0.933 bits per heavy atom. The van der Waals surface area contributed by atoms with Gasteiger partial charge in [-0.3, -0.25) is 40.1 Å². The van der Waals surface area contributed by atoms with Crippen molar-refractivity contribution >= 4 is 144 Å². The van der Waals surface area contributed by atoms with Gasteiger partial charge in [0, 0.05) is 26.6 Å². The molecule has 7 rings (SSSR count). The lowest BCUT2D eigenvalue weighted by molar-refractivity contribution is -0.445. The van der Waals surface area contributed by atoms with Crippen LogP contribution in [0.2, 0.25) is 0 Å². The van der Waals surface area contributed by atoms with Gasteiger partial charge in [0.1, 0.15) is 48.9 Å². The standard InChI is InChI=1S/C44H39N9O20S6.C2H6O3S.CH3NO2/c1-70-76(62,63)29-13-10-27(11-14-29)46-48-28-12-16-33(24(18-28)22-74(56,57)58)49-53-41-37(78(66,67)72-3)20-31-30(42(41)54)15-17-34(44(31)79(68,69)73-4)50-51-35-21-36(77(64,65)71-2)32-19-25(23-75(59,60)61)40(43(55)38(32)39(35)45)52-47-26-8-6-5-7-9-26;1-5-6(2,3)4;1-2(3)4/h5-21,54-55H,22-23,45H2,1-4H3,(H,56,57,58)(H,59,60,61);1-2H3;1H3. The van der Waals surface area contributed by atoms with Gasteiger partial charge in [-0.2, -0.15) is 79.4 Å². The summed E-state index contributed by atoms with van der Waals surface area (Å²) in [7, 11) is -26.7. The van der Waals surface area contributed by atoms with Crippen LogP contribution in [0.1, 0.15) is 11.1 Å². The maximum atomic E-state index is 13.8. The van der Waals surface area contributed by atoms with E-state index in [0.29, 0.717) is 20.3 Å². The summed E-state index contributed by atoms with van der Waals surface area (Å²) in [5.41, 5.74) is 2.32. The van der Waals surface area contributed by atoms with Crippen LogP contribution >= 0.6 is 0 Å². The van der Waals surface area contributed by atoms with Gasteiger partial charge in [-0.1, -0.05) is 18.2 Å². The molecule has 0 atom stereocenters. The van der Waals surface area contributed by atoms with Gasteiger partial charge >= 0.3 is 0 Å². The van der Waals surface area contributed by atoms with Crippen molar-refractivity contribution in [1.82, 2.24) is 0 Å². The molecule has 0 radical (unpaired) electrons. The number of hydrogen-bond acceptors (Lipinski definition) is 32. The van der Waals surface area contributed by atoms with Crippen molar-refractivity contribution in [3.63, 3.8) is 0 Å². The number of phenols is 2. The fourth-order valence-corrected chi connectivity index (χ4v) is 11.9. The summed E-state index contributed by atoms with van der Waals surface area (Å²) in [6, 6.07) is 20.6. The Hall–Kier alpha value is -8.37.